The van der Waals surface area contributed by atoms with E-state index in [2.05, 4.69) is 132 Å². The topological polar surface area (TPSA) is 56.7 Å². The van der Waals surface area contributed by atoms with Crippen LogP contribution in [-0.2, 0) is 25.5 Å². The molecule has 0 spiro atoms. The maximum Gasteiger partial charge on any atom is 0.155 e. The number of hydrogen-bond donors (Lipinski definition) is 0. The van der Waals surface area contributed by atoms with E-state index in [9.17, 15) is 0 Å². The quantitative estimate of drug-likeness (QED) is 0.162. The first-order valence-corrected chi connectivity index (χ1v) is 18.2. The Morgan fingerprint density at radius 3 is 2.09 bits per heavy atom. The van der Waals surface area contributed by atoms with Crippen LogP contribution in [0.4, 0.5) is 0 Å². The van der Waals surface area contributed by atoms with Crippen molar-refractivity contribution in [2.24, 2.45) is 0 Å². The average Bonchev–Trinajstić information content (AvgIpc) is 3.70. The summed E-state index contributed by atoms with van der Waals surface area (Å²) in [7, 11) is 0. The van der Waals surface area contributed by atoms with Gasteiger partial charge in [0.15, 0.2) is 5.65 Å². The molecule has 8 rings (SSSR count). The van der Waals surface area contributed by atoms with E-state index in [0.29, 0.717) is 11.8 Å². The predicted octanol–water partition coefficient (Wildman–Crippen LogP) is 12.5. The molecule has 0 amide bonds. The molecule has 8 aromatic rings. The molecular formula is C47H46IrN4O-2. The van der Waals surface area contributed by atoms with Gasteiger partial charge < -0.3 is 14.0 Å². The second-order valence-corrected chi connectivity index (χ2v) is 15.4. The Kier molecular flexibility index (Phi) is 10.9. The number of para-hydroxylation sites is 2. The normalized spacial score (nSPS) is 11.7. The molecule has 4 heterocycles. The second-order valence-electron chi connectivity index (χ2n) is 15.4. The summed E-state index contributed by atoms with van der Waals surface area (Å²) in [5.74, 6) is 1.46. The van der Waals surface area contributed by atoms with Gasteiger partial charge in [-0.05, 0) is 64.3 Å². The Balaban J connectivity index is 0.000000269. The number of aromatic nitrogens is 4. The first-order chi connectivity index (χ1) is 24.9. The number of pyridine rings is 2. The van der Waals surface area contributed by atoms with E-state index in [1.165, 1.54) is 22.3 Å². The summed E-state index contributed by atoms with van der Waals surface area (Å²) in [5, 5.41) is 2.16. The molecular weight excluding hydrogens is 829 g/mol. The number of fused-ring (bicyclic) bond motifs is 4. The molecule has 0 aliphatic carbocycles. The minimum Gasteiger partial charge on any atom is -0.501 e. The van der Waals surface area contributed by atoms with Crippen molar-refractivity contribution < 1.29 is 24.5 Å². The van der Waals surface area contributed by atoms with Gasteiger partial charge in [0.05, 0.1) is 16.9 Å². The van der Waals surface area contributed by atoms with Gasteiger partial charge in [0, 0.05) is 43.6 Å². The number of nitrogens with zero attached hydrogens (tertiary/aromatic N) is 4. The number of aryl methyl sites for hydroxylation is 2. The fourth-order valence-corrected chi connectivity index (χ4v) is 6.67. The molecule has 0 fully saturated rings. The van der Waals surface area contributed by atoms with Crippen molar-refractivity contribution in [2.75, 3.05) is 0 Å². The third-order valence-corrected chi connectivity index (χ3v) is 9.65. The minimum absolute atomic E-state index is 0. The molecule has 0 saturated carbocycles. The van der Waals surface area contributed by atoms with Crippen LogP contribution in [0.15, 0.2) is 108 Å². The zero-order valence-electron chi connectivity index (χ0n) is 32.0. The molecule has 1 radical (unpaired) electrons. The Bertz CT molecular complexity index is 2450. The summed E-state index contributed by atoms with van der Waals surface area (Å²) in [4.78, 5) is 14.7. The largest absolute Gasteiger partial charge is 0.501 e. The van der Waals surface area contributed by atoms with E-state index in [4.69, 9.17) is 14.4 Å². The third-order valence-electron chi connectivity index (χ3n) is 9.65. The maximum absolute atomic E-state index is 6.45. The Morgan fingerprint density at radius 2 is 1.45 bits per heavy atom. The van der Waals surface area contributed by atoms with Gasteiger partial charge in [-0.25, -0.2) is 4.98 Å². The van der Waals surface area contributed by atoms with E-state index in [1.54, 1.807) is 0 Å². The van der Waals surface area contributed by atoms with Crippen LogP contribution in [0.25, 0.3) is 61.4 Å². The molecule has 0 atom stereocenters. The minimum atomic E-state index is -0.0328. The fraction of sp³-hybridized carbons (Fsp3) is 0.255. The van der Waals surface area contributed by atoms with Gasteiger partial charge in [-0.1, -0.05) is 115 Å². The van der Waals surface area contributed by atoms with Crippen molar-refractivity contribution in [3.63, 3.8) is 0 Å². The molecule has 4 aromatic heterocycles. The van der Waals surface area contributed by atoms with Crippen molar-refractivity contribution in [3.05, 3.63) is 143 Å². The van der Waals surface area contributed by atoms with Crippen LogP contribution < -0.4 is 0 Å². The monoisotopic (exact) mass is 875 g/mol. The van der Waals surface area contributed by atoms with E-state index in [-0.39, 0.29) is 25.5 Å². The summed E-state index contributed by atoms with van der Waals surface area (Å²) < 4.78 is 8.71. The van der Waals surface area contributed by atoms with Crippen LogP contribution in [0.3, 0.4) is 0 Å². The number of rotatable bonds is 5. The molecule has 0 aliphatic rings. The van der Waals surface area contributed by atoms with Crippen molar-refractivity contribution in [2.45, 2.75) is 79.6 Å². The summed E-state index contributed by atoms with van der Waals surface area (Å²) in [6.45, 7) is 19.7. The summed E-state index contributed by atoms with van der Waals surface area (Å²) >= 11 is 0. The predicted molar refractivity (Wildman–Crippen MR) is 215 cm³/mol. The summed E-state index contributed by atoms with van der Waals surface area (Å²) in [6.07, 6.45) is 3.88. The maximum atomic E-state index is 6.45. The SMILES string of the molecule is CC(C)c1cccc(C(C)C)c1-n1c(-c2[c-]ccc3c2oc2ccccc23)nc2cc(C(C)(C)C)cnc21.Cc1c[c-]c(-c2ccc(C)cn2)cc1.[Ir]. The number of furan rings is 1. The van der Waals surface area contributed by atoms with Crippen molar-refractivity contribution in [1.29, 1.82) is 0 Å². The van der Waals surface area contributed by atoms with Crippen molar-refractivity contribution >= 4 is 33.1 Å². The zero-order chi connectivity index (χ0) is 36.7. The van der Waals surface area contributed by atoms with Gasteiger partial charge in [-0.3, -0.25) is 4.98 Å². The van der Waals surface area contributed by atoms with E-state index in [0.717, 1.165) is 67.0 Å². The molecule has 0 unspecified atom stereocenters. The van der Waals surface area contributed by atoms with Gasteiger partial charge >= 0.3 is 0 Å². The Hall–Kier alpha value is -4.90. The average molecular weight is 875 g/mol. The van der Waals surface area contributed by atoms with Crippen LogP contribution in [0.2, 0.25) is 0 Å². The second kappa shape index (κ2) is 15.2. The number of imidazole rings is 1. The smallest absolute Gasteiger partial charge is 0.155 e. The summed E-state index contributed by atoms with van der Waals surface area (Å²) in [6, 6.07) is 38.0. The van der Waals surface area contributed by atoms with Crippen LogP contribution in [-0.4, -0.2) is 19.5 Å². The third kappa shape index (κ3) is 7.49. The van der Waals surface area contributed by atoms with Gasteiger partial charge in [0.1, 0.15) is 5.58 Å². The van der Waals surface area contributed by atoms with E-state index in [1.807, 2.05) is 55.7 Å². The van der Waals surface area contributed by atoms with Gasteiger partial charge in [-0.2, -0.15) is 0 Å². The Morgan fingerprint density at radius 1 is 0.736 bits per heavy atom. The Labute approximate surface area is 326 Å². The van der Waals surface area contributed by atoms with Crippen LogP contribution in [0.5, 0.6) is 0 Å². The van der Waals surface area contributed by atoms with Gasteiger partial charge in [0.25, 0.3) is 0 Å². The molecule has 0 bridgehead atoms. The van der Waals surface area contributed by atoms with Crippen molar-refractivity contribution in [1.82, 2.24) is 19.5 Å². The molecule has 53 heavy (non-hydrogen) atoms. The van der Waals surface area contributed by atoms with E-state index < -0.39 is 0 Å². The summed E-state index contributed by atoms with van der Waals surface area (Å²) in [5.41, 5.74) is 13.5. The molecule has 0 N–H and O–H groups in total. The molecule has 271 valence electrons. The first kappa shape index (κ1) is 37.8. The van der Waals surface area contributed by atoms with Crippen LogP contribution >= 0.6 is 0 Å². The molecule has 0 saturated heterocycles. The van der Waals surface area contributed by atoms with Crippen LogP contribution in [0.1, 0.15) is 88.1 Å². The standard InChI is InChI=1S/C34H34N3O.C13H12N.Ir/c1-20(2)23-13-10-14-24(21(3)4)30(23)37-32(36-28-18-22(34(5,6)7)19-35-33(28)37)27-16-11-15-26-25-12-8-9-17-29(25)38-31(26)27;1-10-3-6-12(7-4-10)13-8-5-11(2)9-14-13;/h8-15,17-21H,1-7H3;3-6,8-9H,1-2H3;/q2*-1;. The fourth-order valence-electron chi connectivity index (χ4n) is 6.67. The molecule has 0 aliphatic heterocycles. The van der Waals surface area contributed by atoms with E-state index >= 15 is 0 Å². The number of benzene rings is 4. The molecule has 4 aromatic carbocycles. The number of hydrogen-bond acceptors (Lipinski definition) is 4. The van der Waals surface area contributed by atoms with Crippen molar-refractivity contribution in [3.8, 4) is 28.3 Å². The van der Waals surface area contributed by atoms with Gasteiger partial charge in [-0.15, -0.1) is 53.6 Å². The molecule has 5 nitrogen and oxygen atoms in total. The zero-order valence-corrected chi connectivity index (χ0v) is 34.4. The van der Waals surface area contributed by atoms with Gasteiger partial charge in [0.2, 0.25) is 0 Å². The molecule has 6 heteroatoms. The first-order valence-electron chi connectivity index (χ1n) is 18.2. The van der Waals surface area contributed by atoms with Crippen LogP contribution in [0, 0.1) is 26.0 Å².